The van der Waals surface area contributed by atoms with Gasteiger partial charge in [0, 0.05) is 36.7 Å². The van der Waals surface area contributed by atoms with Crippen LogP contribution in [0.4, 0.5) is 5.69 Å². The van der Waals surface area contributed by atoms with Crippen LogP contribution in [0.15, 0.2) is 30.3 Å². The molecule has 0 saturated carbocycles. The minimum absolute atomic E-state index is 0.178. The van der Waals surface area contributed by atoms with Crippen molar-refractivity contribution in [3.63, 3.8) is 0 Å². The largest absolute Gasteiger partial charge is 0.497 e. The van der Waals surface area contributed by atoms with E-state index in [0.29, 0.717) is 0 Å². The number of carbonyl (C=O) groups is 1. The number of methoxy groups -OCH3 is 1. The van der Waals surface area contributed by atoms with E-state index >= 15 is 0 Å². The molecule has 1 saturated heterocycles. The van der Waals surface area contributed by atoms with E-state index in [9.17, 15) is 4.79 Å². The number of rotatable bonds is 4. The Kier molecular flexibility index (Phi) is 5.09. The number of ether oxygens (including phenoxy) is 1. The number of nitrogens with zero attached hydrogens (tertiary/aromatic N) is 2. The fraction of sp³-hybridized carbons (Fsp3) is 0.421. The second-order valence-corrected chi connectivity index (χ2v) is 7.28. The lowest BCUT2D eigenvalue weighted by atomic mass is 10.2. The normalized spacial score (nSPS) is 14.8. The number of thiophene rings is 1. The van der Waals surface area contributed by atoms with Crippen LogP contribution < -0.4 is 9.64 Å². The molecule has 0 radical (unpaired) electrons. The quantitative estimate of drug-likeness (QED) is 0.850. The molecule has 4 nitrogen and oxygen atoms in total. The van der Waals surface area contributed by atoms with E-state index in [1.165, 1.54) is 16.1 Å². The maximum atomic E-state index is 12.7. The van der Waals surface area contributed by atoms with Crippen molar-refractivity contribution in [3.8, 4) is 5.75 Å². The van der Waals surface area contributed by atoms with Crippen LogP contribution in [0.25, 0.3) is 0 Å². The van der Waals surface area contributed by atoms with Gasteiger partial charge in [0.25, 0.3) is 5.91 Å². The van der Waals surface area contributed by atoms with Crippen molar-refractivity contribution in [1.29, 1.82) is 0 Å². The van der Waals surface area contributed by atoms with Crippen LogP contribution in [0.3, 0.4) is 0 Å². The summed E-state index contributed by atoms with van der Waals surface area (Å²) in [5.41, 5.74) is 2.48. The molecule has 2 aromatic rings. The summed E-state index contributed by atoms with van der Waals surface area (Å²) in [6.07, 6.45) is 0.987. The van der Waals surface area contributed by atoms with Gasteiger partial charge < -0.3 is 14.5 Å². The van der Waals surface area contributed by atoms with Crippen LogP contribution >= 0.6 is 11.3 Å². The highest BCUT2D eigenvalue weighted by atomic mass is 32.1. The molecule has 1 aromatic heterocycles. The molecule has 1 amide bonds. The molecule has 2 heterocycles. The summed E-state index contributed by atoms with van der Waals surface area (Å²) in [7, 11) is 1.68. The Labute approximate surface area is 147 Å². The maximum absolute atomic E-state index is 12.7. The second kappa shape index (κ2) is 7.26. The molecule has 0 atom stereocenters. The van der Waals surface area contributed by atoms with Gasteiger partial charge in [-0.3, -0.25) is 4.79 Å². The summed E-state index contributed by atoms with van der Waals surface area (Å²) in [5.74, 6) is 1.05. The first-order chi connectivity index (χ1) is 11.6. The van der Waals surface area contributed by atoms with E-state index < -0.39 is 0 Å². The Hall–Kier alpha value is -2.01. The molecule has 0 N–H and O–H groups in total. The molecule has 0 unspecified atom stereocenters. The standard InChI is InChI=1S/C19H24N2O2S/c1-4-15-13-18(24-14(15)2)19(22)21-11-9-20(10-12-21)16-5-7-17(23-3)8-6-16/h5-8,13H,4,9-12H2,1-3H3. The smallest absolute Gasteiger partial charge is 0.264 e. The lowest BCUT2D eigenvalue weighted by molar-refractivity contribution is 0.0751. The van der Waals surface area contributed by atoms with Gasteiger partial charge in [-0.1, -0.05) is 6.92 Å². The van der Waals surface area contributed by atoms with Gasteiger partial charge in [-0.25, -0.2) is 0 Å². The molecule has 1 aromatic carbocycles. The Morgan fingerprint density at radius 3 is 2.38 bits per heavy atom. The van der Waals surface area contributed by atoms with Crippen LogP contribution in [0.2, 0.25) is 0 Å². The van der Waals surface area contributed by atoms with Gasteiger partial charge in [-0.15, -0.1) is 11.3 Å². The Morgan fingerprint density at radius 1 is 1.17 bits per heavy atom. The number of hydrogen-bond acceptors (Lipinski definition) is 4. The Morgan fingerprint density at radius 2 is 1.83 bits per heavy atom. The highest BCUT2D eigenvalue weighted by Gasteiger charge is 2.24. The number of amides is 1. The SMILES string of the molecule is CCc1cc(C(=O)N2CCN(c3ccc(OC)cc3)CC2)sc1C. The molecule has 0 spiro atoms. The number of carbonyl (C=O) groups excluding carboxylic acids is 1. The third-order valence-corrected chi connectivity index (χ3v) is 5.70. The zero-order valence-electron chi connectivity index (χ0n) is 14.5. The van der Waals surface area contributed by atoms with Crippen molar-refractivity contribution in [2.24, 2.45) is 0 Å². The van der Waals surface area contributed by atoms with Crippen molar-refractivity contribution < 1.29 is 9.53 Å². The number of benzene rings is 1. The van der Waals surface area contributed by atoms with Gasteiger partial charge in [0.2, 0.25) is 0 Å². The van der Waals surface area contributed by atoms with Crippen LogP contribution in [0, 0.1) is 6.92 Å². The molecule has 0 bridgehead atoms. The van der Waals surface area contributed by atoms with E-state index in [0.717, 1.165) is 43.2 Å². The fourth-order valence-electron chi connectivity index (χ4n) is 3.09. The minimum atomic E-state index is 0.178. The summed E-state index contributed by atoms with van der Waals surface area (Å²) >= 11 is 1.62. The van der Waals surface area contributed by atoms with Gasteiger partial charge in [0.15, 0.2) is 0 Å². The molecule has 1 aliphatic heterocycles. The Balaban J connectivity index is 1.62. The number of aryl methyl sites for hydroxylation is 2. The van der Waals surface area contributed by atoms with Gasteiger partial charge in [0.05, 0.1) is 12.0 Å². The first-order valence-electron chi connectivity index (χ1n) is 8.40. The highest BCUT2D eigenvalue weighted by Crippen LogP contribution is 2.25. The average Bonchev–Trinajstić information content (AvgIpc) is 3.02. The van der Waals surface area contributed by atoms with Gasteiger partial charge in [-0.2, -0.15) is 0 Å². The second-order valence-electron chi connectivity index (χ2n) is 6.02. The first-order valence-corrected chi connectivity index (χ1v) is 9.21. The molecule has 1 fully saturated rings. The molecule has 5 heteroatoms. The van der Waals surface area contributed by atoms with E-state index in [1.807, 2.05) is 17.0 Å². The van der Waals surface area contributed by atoms with Gasteiger partial charge >= 0.3 is 0 Å². The van der Waals surface area contributed by atoms with E-state index in [4.69, 9.17) is 4.74 Å². The van der Waals surface area contributed by atoms with E-state index in [-0.39, 0.29) is 5.91 Å². The summed E-state index contributed by atoms with van der Waals surface area (Å²) in [5, 5.41) is 0. The third-order valence-electron chi connectivity index (χ3n) is 4.62. The lowest BCUT2D eigenvalue weighted by Gasteiger charge is -2.36. The number of anilines is 1. The molecule has 0 aliphatic carbocycles. The fourth-order valence-corrected chi connectivity index (χ4v) is 4.17. The summed E-state index contributed by atoms with van der Waals surface area (Å²) in [6, 6.07) is 10.2. The van der Waals surface area contributed by atoms with Crippen molar-refractivity contribution in [2.75, 3.05) is 38.2 Å². The van der Waals surface area contributed by atoms with Crippen LogP contribution in [0.5, 0.6) is 5.75 Å². The number of hydrogen-bond donors (Lipinski definition) is 0. The van der Waals surface area contributed by atoms with Crippen molar-refractivity contribution in [1.82, 2.24) is 4.90 Å². The third kappa shape index (κ3) is 3.41. The van der Waals surface area contributed by atoms with Crippen molar-refractivity contribution in [3.05, 3.63) is 45.6 Å². The average molecular weight is 344 g/mol. The molecule has 24 heavy (non-hydrogen) atoms. The topological polar surface area (TPSA) is 32.8 Å². The summed E-state index contributed by atoms with van der Waals surface area (Å²) in [6.45, 7) is 7.50. The van der Waals surface area contributed by atoms with Crippen molar-refractivity contribution >= 4 is 22.9 Å². The molecule has 128 valence electrons. The molecule has 1 aliphatic rings. The monoisotopic (exact) mass is 344 g/mol. The molecular formula is C19H24N2O2S. The molecular weight excluding hydrogens is 320 g/mol. The predicted octanol–water partition coefficient (Wildman–Crippen LogP) is 3.59. The van der Waals surface area contributed by atoms with Gasteiger partial charge in [0.1, 0.15) is 5.75 Å². The van der Waals surface area contributed by atoms with E-state index in [2.05, 4.69) is 36.9 Å². The first kappa shape index (κ1) is 16.8. The van der Waals surface area contributed by atoms with Gasteiger partial charge in [-0.05, 0) is 49.2 Å². The van der Waals surface area contributed by atoms with Crippen molar-refractivity contribution in [2.45, 2.75) is 20.3 Å². The van der Waals surface area contributed by atoms with Crippen LogP contribution in [-0.4, -0.2) is 44.1 Å². The maximum Gasteiger partial charge on any atom is 0.264 e. The zero-order valence-corrected chi connectivity index (χ0v) is 15.4. The Bertz CT molecular complexity index is 701. The minimum Gasteiger partial charge on any atom is -0.497 e. The summed E-state index contributed by atoms with van der Waals surface area (Å²) < 4.78 is 5.20. The van der Waals surface area contributed by atoms with Crippen LogP contribution in [0.1, 0.15) is 27.0 Å². The lowest BCUT2D eigenvalue weighted by Crippen LogP contribution is -2.48. The van der Waals surface area contributed by atoms with Crippen LogP contribution in [-0.2, 0) is 6.42 Å². The highest BCUT2D eigenvalue weighted by molar-refractivity contribution is 7.14. The predicted molar refractivity (Wildman–Crippen MR) is 99.5 cm³/mol. The zero-order chi connectivity index (χ0) is 17.1. The summed E-state index contributed by atoms with van der Waals surface area (Å²) in [4.78, 5) is 19.1. The van der Waals surface area contributed by atoms with E-state index in [1.54, 1.807) is 18.4 Å². The molecule has 3 rings (SSSR count). The number of piperazine rings is 1.